The number of H-pyrrole nitrogens is 1. The second-order valence-electron chi connectivity index (χ2n) is 5.94. The lowest BCUT2D eigenvalue weighted by Gasteiger charge is -2.11. The molecule has 0 spiro atoms. The first kappa shape index (κ1) is 15.8. The highest BCUT2D eigenvalue weighted by molar-refractivity contribution is 6.21. The number of amides is 1. The van der Waals surface area contributed by atoms with Gasteiger partial charge in [0.25, 0.3) is 11.5 Å². The number of hydrogen-bond donors (Lipinski definition) is 2. The number of para-hydroxylation sites is 1. The predicted octanol–water partition coefficient (Wildman–Crippen LogP) is -0.101. The summed E-state index contributed by atoms with van der Waals surface area (Å²) in [5.74, 6) is -1.24. The number of hydrogen-bond acceptors (Lipinski definition) is 4. The molecule has 1 aromatic heterocycles. The number of aromatic hydroxyl groups is 1. The van der Waals surface area contributed by atoms with Gasteiger partial charge in [-0.1, -0.05) is 35.9 Å². The van der Waals surface area contributed by atoms with E-state index in [1.165, 1.54) is 0 Å². The third-order valence-corrected chi connectivity index (χ3v) is 4.24. The summed E-state index contributed by atoms with van der Waals surface area (Å²) < 4.78 is 0.956. The molecule has 1 amide bonds. The number of nitrogens with one attached hydrogen (secondary N) is 1. The topological polar surface area (TPSA) is 105 Å². The standard InChI is InChI=1S/C19H13N3O4/c1-10-6-8-11(9-7-10)22-18(25)15(17(24)21-19(22)26)14-12-4-2-3-5-13(12)20-16(14)23/h2-9,25H,1H3,(H,21,24,26). The number of fused-ring (bicyclic) bond motifs is 1. The highest BCUT2D eigenvalue weighted by Gasteiger charge is 2.26. The highest BCUT2D eigenvalue weighted by atomic mass is 16.3. The molecule has 7 heteroatoms. The zero-order chi connectivity index (χ0) is 18.4. The Balaban J connectivity index is 2.10. The van der Waals surface area contributed by atoms with E-state index in [2.05, 4.69) is 9.98 Å². The van der Waals surface area contributed by atoms with Crippen LogP contribution in [0.25, 0.3) is 11.3 Å². The van der Waals surface area contributed by atoms with E-state index >= 15 is 0 Å². The summed E-state index contributed by atoms with van der Waals surface area (Å²) in [5.41, 5.74) is -0.600. The molecule has 0 saturated heterocycles. The van der Waals surface area contributed by atoms with Crippen molar-refractivity contribution < 1.29 is 9.90 Å². The van der Waals surface area contributed by atoms with Gasteiger partial charge in [0, 0.05) is 5.22 Å². The van der Waals surface area contributed by atoms with E-state index in [0.717, 1.165) is 10.1 Å². The fourth-order valence-electron chi connectivity index (χ4n) is 2.99. The average molecular weight is 347 g/mol. The largest absolute Gasteiger partial charge is 0.494 e. The Hall–Kier alpha value is -3.74. The van der Waals surface area contributed by atoms with Gasteiger partial charge in [0.1, 0.15) is 5.56 Å². The lowest BCUT2D eigenvalue weighted by atomic mass is 10.1. The molecule has 0 bridgehead atoms. The number of carbonyl (C=O) groups is 1. The van der Waals surface area contributed by atoms with Crippen LogP contribution in [0.3, 0.4) is 0 Å². The van der Waals surface area contributed by atoms with Gasteiger partial charge in [0.05, 0.1) is 16.6 Å². The Morgan fingerprint density at radius 1 is 1.00 bits per heavy atom. The first-order valence-corrected chi connectivity index (χ1v) is 7.85. The fourth-order valence-corrected chi connectivity index (χ4v) is 2.99. The van der Waals surface area contributed by atoms with E-state index < -0.39 is 23.0 Å². The van der Waals surface area contributed by atoms with Crippen LogP contribution >= 0.6 is 0 Å². The number of aromatic nitrogens is 2. The molecule has 128 valence electrons. The Morgan fingerprint density at radius 3 is 2.42 bits per heavy atom. The number of rotatable bonds is 2. The molecule has 26 heavy (non-hydrogen) atoms. The molecule has 2 heterocycles. The minimum atomic E-state index is -0.842. The van der Waals surface area contributed by atoms with Gasteiger partial charge in [0.2, 0.25) is 5.88 Å². The van der Waals surface area contributed by atoms with E-state index in [1.807, 2.05) is 6.92 Å². The van der Waals surface area contributed by atoms with E-state index in [-0.39, 0.29) is 11.1 Å². The third kappa shape index (κ3) is 2.29. The number of nitrogens with zero attached hydrogens (tertiary/aromatic N) is 2. The van der Waals surface area contributed by atoms with Crippen LogP contribution in [0.2, 0.25) is 0 Å². The first-order chi connectivity index (χ1) is 12.5. The Morgan fingerprint density at radius 2 is 1.69 bits per heavy atom. The van der Waals surface area contributed by atoms with Gasteiger partial charge in [-0.3, -0.25) is 14.6 Å². The van der Waals surface area contributed by atoms with E-state index in [0.29, 0.717) is 16.3 Å². The van der Waals surface area contributed by atoms with Gasteiger partial charge in [0.15, 0.2) is 0 Å². The van der Waals surface area contributed by atoms with Crippen molar-refractivity contribution in [1.82, 2.24) is 9.55 Å². The SMILES string of the molecule is Cc1ccc(-n2c(O)c(C3=c4ccccc4=NC3=O)c(=O)[nH]c2=O)cc1. The summed E-state index contributed by atoms with van der Waals surface area (Å²) in [4.78, 5) is 43.1. The lowest BCUT2D eigenvalue weighted by molar-refractivity contribution is -0.112. The molecule has 2 aromatic carbocycles. The monoisotopic (exact) mass is 347 g/mol. The molecule has 4 rings (SSSR count). The van der Waals surface area contributed by atoms with E-state index in [9.17, 15) is 19.5 Å². The van der Waals surface area contributed by atoms with Crippen molar-refractivity contribution in [2.24, 2.45) is 4.99 Å². The zero-order valence-corrected chi connectivity index (χ0v) is 13.7. The van der Waals surface area contributed by atoms with Crippen molar-refractivity contribution in [2.45, 2.75) is 6.92 Å². The van der Waals surface area contributed by atoms with Crippen LogP contribution in [-0.2, 0) is 4.79 Å². The van der Waals surface area contributed by atoms with Gasteiger partial charge in [-0.05, 0) is 25.1 Å². The second kappa shape index (κ2) is 5.66. The Labute approximate surface area is 146 Å². The van der Waals surface area contributed by atoms with Crippen molar-refractivity contribution in [3.8, 4) is 11.6 Å². The zero-order valence-electron chi connectivity index (χ0n) is 13.7. The van der Waals surface area contributed by atoms with E-state index in [4.69, 9.17) is 0 Å². The van der Waals surface area contributed by atoms with Gasteiger partial charge >= 0.3 is 5.69 Å². The van der Waals surface area contributed by atoms with Crippen molar-refractivity contribution in [3.63, 3.8) is 0 Å². The molecule has 0 unspecified atom stereocenters. The maximum atomic E-state index is 12.4. The predicted molar refractivity (Wildman–Crippen MR) is 93.8 cm³/mol. The van der Waals surface area contributed by atoms with Crippen molar-refractivity contribution in [2.75, 3.05) is 0 Å². The van der Waals surface area contributed by atoms with Gasteiger partial charge in [-0.2, -0.15) is 0 Å². The molecule has 2 N–H and O–H groups in total. The number of aromatic amines is 1. The molecule has 1 aliphatic rings. The van der Waals surface area contributed by atoms with Crippen molar-refractivity contribution in [1.29, 1.82) is 0 Å². The van der Waals surface area contributed by atoms with Crippen LogP contribution in [0.1, 0.15) is 11.1 Å². The fraction of sp³-hybridized carbons (Fsp3) is 0.0526. The molecule has 0 radical (unpaired) electrons. The smallest absolute Gasteiger partial charge is 0.335 e. The molecular weight excluding hydrogens is 334 g/mol. The second-order valence-corrected chi connectivity index (χ2v) is 5.94. The summed E-state index contributed by atoms with van der Waals surface area (Å²) in [6, 6.07) is 13.5. The number of carbonyl (C=O) groups excluding carboxylic acids is 1. The third-order valence-electron chi connectivity index (χ3n) is 4.24. The molecular formula is C19H13N3O4. The van der Waals surface area contributed by atoms with Crippen molar-refractivity contribution in [3.05, 3.63) is 91.1 Å². The molecule has 0 fully saturated rings. The normalized spacial score (nSPS) is 12.8. The highest BCUT2D eigenvalue weighted by Crippen LogP contribution is 2.23. The Bertz CT molecular complexity index is 1300. The molecule has 1 aliphatic heterocycles. The Kier molecular flexibility index (Phi) is 3.43. The maximum absolute atomic E-state index is 12.4. The van der Waals surface area contributed by atoms with Crippen LogP contribution in [0.5, 0.6) is 5.88 Å². The van der Waals surface area contributed by atoms with Crippen LogP contribution in [0.4, 0.5) is 0 Å². The minimum absolute atomic E-state index is 0.0276. The van der Waals surface area contributed by atoms with Crippen molar-refractivity contribution >= 4 is 11.5 Å². The van der Waals surface area contributed by atoms with Crippen LogP contribution in [0.15, 0.2) is 63.1 Å². The lowest BCUT2D eigenvalue weighted by Crippen LogP contribution is -2.33. The molecule has 3 aromatic rings. The maximum Gasteiger partial charge on any atom is 0.335 e. The number of aryl methyl sites for hydroxylation is 1. The van der Waals surface area contributed by atoms with Crippen LogP contribution in [-0.4, -0.2) is 20.6 Å². The summed E-state index contributed by atoms with van der Waals surface area (Å²) in [6.45, 7) is 1.89. The summed E-state index contributed by atoms with van der Waals surface area (Å²) in [5, 5.41) is 11.6. The molecule has 7 nitrogen and oxygen atoms in total. The molecule has 0 saturated carbocycles. The first-order valence-electron chi connectivity index (χ1n) is 7.85. The van der Waals surface area contributed by atoms with Crippen LogP contribution < -0.4 is 21.8 Å². The quantitative estimate of drug-likeness (QED) is 0.675. The molecule has 0 atom stereocenters. The average Bonchev–Trinajstić information content (AvgIpc) is 2.92. The van der Waals surface area contributed by atoms with Gasteiger partial charge in [-0.15, -0.1) is 0 Å². The summed E-state index contributed by atoms with van der Waals surface area (Å²) in [7, 11) is 0. The van der Waals surface area contributed by atoms with Gasteiger partial charge in [-0.25, -0.2) is 14.4 Å². The summed E-state index contributed by atoms with van der Waals surface area (Å²) in [6.07, 6.45) is 0. The molecule has 0 aliphatic carbocycles. The summed E-state index contributed by atoms with van der Waals surface area (Å²) >= 11 is 0. The van der Waals surface area contributed by atoms with Crippen LogP contribution in [0, 0.1) is 6.92 Å². The minimum Gasteiger partial charge on any atom is -0.494 e. The number of benzene rings is 2. The van der Waals surface area contributed by atoms with E-state index in [1.54, 1.807) is 48.5 Å². The van der Waals surface area contributed by atoms with Gasteiger partial charge < -0.3 is 5.11 Å².